The van der Waals surface area contributed by atoms with Crippen LogP contribution in [-0.4, -0.2) is 24.5 Å². The highest BCUT2D eigenvalue weighted by Crippen LogP contribution is 2.50. The molecule has 12 aromatic rings. The Balaban J connectivity index is 0.956. The molecule has 0 aliphatic heterocycles. The van der Waals surface area contributed by atoms with Crippen molar-refractivity contribution < 1.29 is 4.42 Å². The number of nitrogens with zero attached hydrogens (tertiary/aromatic N) is 5. The highest BCUT2D eigenvalue weighted by atomic mass is 16.3. The number of hydrogen-bond acceptors (Lipinski definition) is 5. The molecular formula is C59H39N5O. The van der Waals surface area contributed by atoms with E-state index in [9.17, 15) is 0 Å². The van der Waals surface area contributed by atoms with Gasteiger partial charge in [-0.05, 0) is 88.0 Å². The zero-order valence-electron chi connectivity index (χ0n) is 35.7. The average Bonchev–Trinajstić information content (AvgIpc) is 3.98. The first-order valence-electron chi connectivity index (χ1n) is 22.0. The zero-order valence-corrected chi connectivity index (χ0v) is 35.7. The quantitative estimate of drug-likeness (QED) is 0.167. The van der Waals surface area contributed by atoms with Gasteiger partial charge in [0.05, 0.1) is 11.2 Å². The lowest BCUT2D eigenvalue weighted by molar-refractivity contribution is 0.639. The van der Waals surface area contributed by atoms with Gasteiger partial charge in [0, 0.05) is 54.9 Å². The Morgan fingerprint density at radius 3 is 1.72 bits per heavy atom. The van der Waals surface area contributed by atoms with E-state index >= 15 is 0 Å². The fraction of sp³-hybridized carbons (Fsp3) is 0.0508. The van der Waals surface area contributed by atoms with Gasteiger partial charge < -0.3 is 4.42 Å². The molecule has 0 spiro atoms. The molecular weight excluding hydrogens is 795 g/mol. The second-order valence-corrected chi connectivity index (χ2v) is 17.4. The third-order valence-corrected chi connectivity index (χ3v) is 13.2. The SMILES string of the molecule is CC1(C)c2ccccc2-c2cc3c4cc(-c5ccc6oc7cccc(-c8cccc(-c9nc(-c%10ccccc%10)nc(-c%10ccccc%10)n9)c8)c7c6c5)ccc4n(-c4ccccc4)c3nc21. The number of furan rings is 1. The summed E-state index contributed by atoms with van der Waals surface area (Å²) in [6, 6.07) is 70.1. The molecule has 0 bridgehead atoms. The minimum atomic E-state index is -0.212. The molecule has 0 saturated heterocycles. The average molecular weight is 834 g/mol. The van der Waals surface area contributed by atoms with Gasteiger partial charge in [-0.15, -0.1) is 0 Å². The van der Waals surface area contributed by atoms with Crippen molar-refractivity contribution in [2.75, 3.05) is 0 Å². The molecule has 4 heterocycles. The fourth-order valence-electron chi connectivity index (χ4n) is 10.0. The van der Waals surface area contributed by atoms with Gasteiger partial charge in [0.2, 0.25) is 0 Å². The summed E-state index contributed by atoms with van der Waals surface area (Å²) in [5.41, 5.74) is 16.7. The third-order valence-electron chi connectivity index (χ3n) is 13.2. The van der Waals surface area contributed by atoms with Crippen LogP contribution in [0.3, 0.4) is 0 Å². The first kappa shape index (κ1) is 37.1. The summed E-state index contributed by atoms with van der Waals surface area (Å²) < 4.78 is 8.90. The summed E-state index contributed by atoms with van der Waals surface area (Å²) >= 11 is 0. The van der Waals surface area contributed by atoms with Crippen molar-refractivity contribution in [1.82, 2.24) is 24.5 Å². The Morgan fingerprint density at radius 1 is 0.400 bits per heavy atom. The minimum Gasteiger partial charge on any atom is -0.456 e. The minimum absolute atomic E-state index is 0.212. The standard InChI is InChI=1S/C59H39N5O/c1-59(2)49-26-13-12-24-44(49)46-35-47-45-33-38(28-30-50(45)64(58(47)60-54(46)59)42-22-10-5-11-23-42)39-29-31-51-48(34-39)53-43(25-15-27-52(53)65-51)40-20-14-21-41(32-40)57-62-55(36-16-6-3-7-17-36)61-56(63-57)37-18-8-4-9-19-37/h3-35H,1-2H3. The van der Waals surface area contributed by atoms with Crippen LogP contribution < -0.4 is 0 Å². The predicted octanol–water partition coefficient (Wildman–Crippen LogP) is 14.9. The Bertz CT molecular complexity index is 3790. The van der Waals surface area contributed by atoms with Crippen molar-refractivity contribution >= 4 is 43.9 Å². The van der Waals surface area contributed by atoms with Gasteiger partial charge in [-0.2, -0.15) is 0 Å². The lowest BCUT2D eigenvalue weighted by atomic mass is 9.85. The second kappa shape index (κ2) is 14.3. The number of benzene rings is 8. The highest BCUT2D eigenvalue weighted by Gasteiger charge is 2.37. The van der Waals surface area contributed by atoms with Crippen LogP contribution >= 0.6 is 0 Å². The molecule has 65 heavy (non-hydrogen) atoms. The van der Waals surface area contributed by atoms with Crippen molar-refractivity contribution in [2.24, 2.45) is 0 Å². The van der Waals surface area contributed by atoms with E-state index in [0.29, 0.717) is 17.5 Å². The van der Waals surface area contributed by atoms with Crippen molar-refractivity contribution in [3.63, 3.8) is 0 Å². The summed E-state index contributed by atoms with van der Waals surface area (Å²) in [5.74, 6) is 1.88. The van der Waals surface area contributed by atoms with Gasteiger partial charge in [0.1, 0.15) is 16.8 Å². The molecule has 1 aliphatic rings. The monoisotopic (exact) mass is 833 g/mol. The summed E-state index contributed by atoms with van der Waals surface area (Å²) in [7, 11) is 0. The number of aromatic nitrogens is 5. The summed E-state index contributed by atoms with van der Waals surface area (Å²) in [4.78, 5) is 20.5. The maximum absolute atomic E-state index is 6.57. The molecule has 4 aromatic heterocycles. The first-order chi connectivity index (χ1) is 32.0. The molecule has 0 saturated carbocycles. The summed E-state index contributed by atoms with van der Waals surface area (Å²) in [6.07, 6.45) is 0. The zero-order chi connectivity index (χ0) is 43.2. The van der Waals surface area contributed by atoms with Gasteiger partial charge in [-0.3, -0.25) is 4.57 Å². The van der Waals surface area contributed by atoms with Gasteiger partial charge in [0.15, 0.2) is 17.5 Å². The third kappa shape index (κ3) is 5.88. The van der Waals surface area contributed by atoms with E-state index in [4.69, 9.17) is 24.4 Å². The van der Waals surface area contributed by atoms with Gasteiger partial charge >= 0.3 is 0 Å². The molecule has 0 radical (unpaired) electrons. The maximum atomic E-state index is 6.57. The van der Waals surface area contributed by atoms with Crippen LogP contribution in [0.1, 0.15) is 25.1 Å². The van der Waals surface area contributed by atoms with E-state index in [1.165, 1.54) is 16.7 Å². The van der Waals surface area contributed by atoms with Crippen LogP contribution in [0.5, 0.6) is 0 Å². The van der Waals surface area contributed by atoms with E-state index in [-0.39, 0.29) is 5.41 Å². The Kier molecular flexibility index (Phi) is 8.15. The topological polar surface area (TPSA) is 69.6 Å². The number of pyridine rings is 1. The van der Waals surface area contributed by atoms with E-state index in [1.807, 2.05) is 60.7 Å². The number of hydrogen-bond donors (Lipinski definition) is 0. The molecule has 13 rings (SSSR count). The van der Waals surface area contributed by atoms with E-state index in [0.717, 1.165) is 94.2 Å². The second-order valence-electron chi connectivity index (χ2n) is 17.4. The van der Waals surface area contributed by atoms with Gasteiger partial charge in [0.25, 0.3) is 0 Å². The van der Waals surface area contributed by atoms with Crippen molar-refractivity contribution in [2.45, 2.75) is 19.3 Å². The van der Waals surface area contributed by atoms with Crippen LogP contribution in [-0.2, 0) is 5.41 Å². The van der Waals surface area contributed by atoms with Crippen LogP contribution in [0.4, 0.5) is 0 Å². The molecule has 8 aromatic carbocycles. The van der Waals surface area contributed by atoms with Crippen LogP contribution in [0.2, 0.25) is 0 Å². The predicted molar refractivity (Wildman–Crippen MR) is 264 cm³/mol. The smallest absolute Gasteiger partial charge is 0.164 e. The molecule has 0 fully saturated rings. The molecule has 1 aliphatic carbocycles. The number of fused-ring (bicyclic) bond motifs is 9. The van der Waals surface area contributed by atoms with Crippen LogP contribution in [0.15, 0.2) is 205 Å². The summed E-state index contributed by atoms with van der Waals surface area (Å²) in [6.45, 7) is 4.58. The van der Waals surface area contributed by atoms with Crippen molar-refractivity contribution in [3.05, 3.63) is 211 Å². The number of para-hydroxylation sites is 1. The highest BCUT2D eigenvalue weighted by molar-refractivity contribution is 6.14. The fourth-order valence-corrected chi connectivity index (χ4v) is 10.0. The van der Waals surface area contributed by atoms with Crippen LogP contribution in [0.25, 0.3) is 117 Å². The van der Waals surface area contributed by atoms with Crippen molar-refractivity contribution in [3.8, 4) is 73.2 Å². The molecule has 0 atom stereocenters. The van der Waals surface area contributed by atoms with E-state index in [1.54, 1.807) is 0 Å². The molecule has 0 unspecified atom stereocenters. The molecule has 306 valence electrons. The normalized spacial score (nSPS) is 12.9. The Morgan fingerprint density at radius 2 is 0.985 bits per heavy atom. The molecule has 6 heteroatoms. The lowest BCUT2D eigenvalue weighted by Crippen LogP contribution is -2.17. The lowest BCUT2D eigenvalue weighted by Gasteiger charge is -2.20. The molecule has 6 nitrogen and oxygen atoms in total. The van der Waals surface area contributed by atoms with E-state index in [2.05, 4.69) is 158 Å². The maximum Gasteiger partial charge on any atom is 0.164 e. The Labute approximate surface area is 375 Å². The molecule has 0 amide bonds. The van der Waals surface area contributed by atoms with Gasteiger partial charge in [-0.25, -0.2) is 19.9 Å². The Hall–Kier alpha value is -8.48. The largest absolute Gasteiger partial charge is 0.456 e. The number of rotatable bonds is 6. The van der Waals surface area contributed by atoms with Gasteiger partial charge in [-0.1, -0.05) is 159 Å². The first-order valence-corrected chi connectivity index (χ1v) is 22.0. The summed E-state index contributed by atoms with van der Waals surface area (Å²) in [5, 5.41) is 4.42. The van der Waals surface area contributed by atoms with Crippen molar-refractivity contribution in [1.29, 1.82) is 0 Å². The van der Waals surface area contributed by atoms with E-state index < -0.39 is 0 Å². The molecule has 0 N–H and O–H groups in total. The van der Waals surface area contributed by atoms with Crippen LogP contribution in [0, 0.1) is 0 Å².